The first-order valence-corrected chi connectivity index (χ1v) is 8.78. The van der Waals surface area contributed by atoms with Crippen LogP contribution in [-0.4, -0.2) is 28.7 Å². The van der Waals surface area contributed by atoms with E-state index in [2.05, 4.69) is 5.32 Å². The first kappa shape index (κ1) is 17.2. The number of amides is 3. The fourth-order valence-electron chi connectivity index (χ4n) is 3.56. The Kier molecular flexibility index (Phi) is 4.83. The number of nitrogens with one attached hydrogen (secondary N) is 1. The molecule has 7 heteroatoms. The highest BCUT2D eigenvalue weighted by molar-refractivity contribution is 6.35. The first-order valence-electron chi connectivity index (χ1n) is 8.02. The number of hydrogen-bond donors (Lipinski definition) is 1. The van der Waals surface area contributed by atoms with E-state index in [-0.39, 0.29) is 23.7 Å². The van der Waals surface area contributed by atoms with Crippen LogP contribution in [-0.2, 0) is 14.4 Å². The van der Waals surface area contributed by atoms with Crippen LogP contribution >= 0.6 is 23.2 Å². The highest BCUT2D eigenvalue weighted by Crippen LogP contribution is 2.39. The van der Waals surface area contributed by atoms with Gasteiger partial charge in [-0.25, -0.2) is 0 Å². The molecule has 5 nitrogen and oxygen atoms in total. The Morgan fingerprint density at radius 3 is 2.08 bits per heavy atom. The van der Waals surface area contributed by atoms with Crippen molar-refractivity contribution in [3.05, 3.63) is 28.2 Å². The normalized spacial score (nSPS) is 24.7. The maximum Gasteiger partial charge on any atom is 0.247 e. The lowest BCUT2D eigenvalue weighted by Crippen LogP contribution is -2.46. The van der Waals surface area contributed by atoms with Crippen molar-refractivity contribution in [2.45, 2.75) is 38.6 Å². The van der Waals surface area contributed by atoms with E-state index >= 15 is 0 Å². The standard InChI is InChI=1S/C17H18Cl2N2O3/c1-9(15(22)20-12-7-10(18)6-11(19)8-12)21-16(23)13-4-2-3-5-14(13)17(21)24/h6-9,13-14H,2-5H2,1H3,(H,20,22). The quantitative estimate of drug-likeness (QED) is 0.830. The molecule has 2 aliphatic rings. The molecular weight excluding hydrogens is 351 g/mol. The largest absolute Gasteiger partial charge is 0.324 e. The van der Waals surface area contributed by atoms with E-state index in [1.165, 1.54) is 0 Å². The van der Waals surface area contributed by atoms with E-state index < -0.39 is 11.9 Å². The summed E-state index contributed by atoms with van der Waals surface area (Å²) < 4.78 is 0. The molecule has 3 amide bonds. The van der Waals surface area contributed by atoms with Gasteiger partial charge in [-0.2, -0.15) is 0 Å². The smallest absolute Gasteiger partial charge is 0.247 e. The summed E-state index contributed by atoms with van der Waals surface area (Å²) >= 11 is 11.8. The van der Waals surface area contributed by atoms with Gasteiger partial charge >= 0.3 is 0 Å². The number of halogens is 2. The molecule has 1 aromatic rings. The summed E-state index contributed by atoms with van der Waals surface area (Å²) in [7, 11) is 0. The van der Waals surface area contributed by atoms with Gasteiger partial charge in [0.1, 0.15) is 6.04 Å². The third-order valence-electron chi connectivity index (χ3n) is 4.77. The molecule has 1 heterocycles. The van der Waals surface area contributed by atoms with Gasteiger partial charge in [-0.3, -0.25) is 19.3 Å². The SMILES string of the molecule is CC(C(=O)Nc1cc(Cl)cc(Cl)c1)N1C(=O)C2CCCCC2C1=O. The average Bonchev–Trinajstić information content (AvgIpc) is 2.77. The second-order valence-electron chi connectivity index (χ2n) is 6.37. The van der Waals surface area contributed by atoms with Crippen LogP contribution in [0.15, 0.2) is 18.2 Å². The fraction of sp³-hybridized carbons (Fsp3) is 0.471. The van der Waals surface area contributed by atoms with Gasteiger partial charge in [-0.05, 0) is 38.0 Å². The minimum Gasteiger partial charge on any atom is -0.324 e. The van der Waals surface area contributed by atoms with Crippen molar-refractivity contribution in [3.63, 3.8) is 0 Å². The second kappa shape index (κ2) is 6.73. The molecule has 24 heavy (non-hydrogen) atoms. The predicted molar refractivity (Wildman–Crippen MR) is 91.9 cm³/mol. The Hall–Kier alpha value is -1.59. The molecule has 128 valence electrons. The zero-order valence-electron chi connectivity index (χ0n) is 13.2. The fourth-order valence-corrected chi connectivity index (χ4v) is 4.09. The second-order valence-corrected chi connectivity index (χ2v) is 7.24. The van der Waals surface area contributed by atoms with Crippen LogP contribution in [0.2, 0.25) is 10.0 Å². The lowest BCUT2D eigenvalue weighted by atomic mass is 9.81. The third-order valence-corrected chi connectivity index (χ3v) is 5.21. The maximum atomic E-state index is 12.5. The molecule has 0 bridgehead atoms. The van der Waals surface area contributed by atoms with Gasteiger partial charge in [0.15, 0.2) is 0 Å². The zero-order chi connectivity index (χ0) is 17.4. The number of imide groups is 1. The van der Waals surface area contributed by atoms with Gasteiger partial charge in [0, 0.05) is 15.7 Å². The lowest BCUT2D eigenvalue weighted by Gasteiger charge is -2.22. The highest BCUT2D eigenvalue weighted by Gasteiger charge is 2.50. The zero-order valence-corrected chi connectivity index (χ0v) is 14.7. The Morgan fingerprint density at radius 2 is 1.58 bits per heavy atom. The maximum absolute atomic E-state index is 12.5. The summed E-state index contributed by atoms with van der Waals surface area (Å²) in [5.41, 5.74) is 0.431. The first-order chi connectivity index (χ1) is 11.4. The molecule has 0 spiro atoms. The molecular formula is C17H18Cl2N2O3. The van der Waals surface area contributed by atoms with Crippen molar-refractivity contribution in [2.75, 3.05) is 5.32 Å². The van der Waals surface area contributed by atoms with Gasteiger partial charge in [-0.15, -0.1) is 0 Å². The molecule has 1 aliphatic heterocycles. The van der Waals surface area contributed by atoms with Crippen LogP contribution in [0.25, 0.3) is 0 Å². The van der Waals surface area contributed by atoms with Gasteiger partial charge in [0.25, 0.3) is 0 Å². The van der Waals surface area contributed by atoms with E-state index in [1.807, 2.05) is 0 Å². The van der Waals surface area contributed by atoms with Crippen LogP contribution in [0.5, 0.6) is 0 Å². The Morgan fingerprint density at radius 1 is 1.08 bits per heavy atom. The van der Waals surface area contributed by atoms with E-state index in [4.69, 9.17) is 23.2 Å². The van der Waals surface area contributed by atoms with Crippen molar-refractivity contribution in [1.82, 2.24) is 4.90 Å². The summed E-state index contributed by atoms with van der Waals surface area (Å²) in [6.07, 6.45) is 3.36. The van der Waals surface area contributed by atoms with Gasteiger partial charge in [0.2, 0.25) is 17.7 Å². The highest BCUT2D eigenvalue weighted by atomic mass is 35.5. The molecule has 0 radical (unpaired) electrons. The summed E-state index contributed by atoms with van der Waals surface area (Å²) in [5, 5.41) is 3.46. The minimum atomic E-state index is -0.867. The van der Waals surface area contributed by atoms with Crippen LogP contribution in [0.1, 0.15) is 32.6 Å². The molecule has 3 rings (SSSR count). The van der Waals surface area contributed by atoms with Crippen LogP contribution in [0.3, 0.4) is 0 Å². The predicted octanol–water partition coefficient (Wildman–Crippen LogP) is 3.50. The topological polar surface area (TPSA) is 66.5 Å². The Bertz CT molecular complexity index is 663. The molecule has 1 N–H and O–H groups in total. The molecule has 3 unspecified atom stereocenters. The molecule has 3 atom stereocenters. The van der Waals surface area contributed by atoms with E-state index in [0.29, 0.717) is 15.7 Å². The average molecular weight is 369 g/mol. The van der Waals surface area contributed by atoms with Crippen molar-refractivity contribution in [2.24, 2.45) is 11.8 Å². The number of anilines is 1. The summed E-state index contributed by atoms with van der Waals surface area (Å²) in [6.45, 7) is 1.56. The number of fused-ring (bicyclic) bond motifs is 1. The van der Waals surface area contributed by atoms with Crippen molar-refractivity contribution >= 4 is 46.6 Å². The van der Waals surface area contributed by atoms with E-state index in [9.17, 15) is 14.4 Å². The van der Waals surface area contributed by atoms with Crippen molar-refractivity contribution in [1.29, 1.82) is 0 Å². The van der Waals surface area contributed by atoms with Crippen LogP contribution in [0.4, 0.5) is 5.69 Å². The van der Waals surface area contributed by atoms with E-state index in [1.54, 1.807) is 25.1 Å². The molecule has 0 aromatic heterocycles. The van der Waals surface area contributed by atoms with Crippen LogP contribution < -0.4 is 5.32 Å². The minimum absolute atomic E-state index is 0.225. The monoisotopic (exact) mass is 368 g/mol. The number of carbonyl (C=O) groups is 3. The number of rotatable bonds is 3. The lowest BCUT2D eigenvalue weighted by molar-refractivity contribution is -0.146. The summed E-state index contributed by atoms with van der Waals surface area (Å²) in [5.74, 6) is -1.41. The number of nitrogens with zero attached hydrogens (tertiary/aromatic N) is 1. The summed E-state index contributed by atoms with van der Waals surface area (Å²) in [4.78, 5) is 38.7. The van der Waals surface area contributed by atoms with Gasteiger partial charge in [-0.1, -0.05) is 36.0 Å². The Balaban J connectivity index is 1.75. The molecule has 2 fully saturated rings. The van der Waals surface area contributed by atoms with Gasteiger partial charge < -0.3 is 5.32 Å². The molecule has 1 aromatic carbocycles. The number of likely N-dealkylation sites (tertiary alicyclic amines) is 1. The third kappa shape index (κ3) is 3.15. The number of hydrogen-bond acceptors (Lipinski definition) is 3. The van der Waals surface area contributed by atoms with Gasteiger partial charge in [0.05, 0.1) is 11.8 Å². The van der Waals surface area contributed by atoms with Crippen molar-refractivity contribution < 1.29 is 14.4 Å². The summed E-state index contributed by atoms with van der Waals surface area (Å²) in [6, 6.07) is 3.81. The molecule has 1 aliphatic carbocycles. The Labute approximate surface area is 150 Å². The molecule has 1 saturated heterocycles. The number of benzene rings is 1. The van der Waals surface area contributed by atoms with Crippen molar-refractivity contribution in [3.8, 4) is 0 Å². The van der Waals surface area contributed by atoms with Crippen LogP contribution in [0, 0.1) is 11.8 Å². The number of carbonyl (C=O) groups excluding carboxylic acids is 3. The molecule has 1 saturated carbocycles. The van der Waals surface area contributed by atoms with E-state index in [0.717, 1.165) is 30.6 Å².